The number of pyridine rings is 1. The molecule has 2 fully saturated rings. The number of aliphatic hydroxyl groups is 1. The number of aromatic nitrogens is 1. The van der Waals surface area contributed by atoms with Gasteiger partial charge in [0.05, 0.1) is 29.6 Å². The number of hydrogen-bond acceptors (Lipinski definition) is 6. The Kier molecular flexibility index (Phi) is 4.97. The first kappa shape index (κ1) is 17.8. The number of nitriles is 1. The average molecular weight is 365 g/mol. The zero-order valence-electron chi connectivity index (χ0n) is 15.0. The molecule has 140 valence electrons. The number of ether oxygens (including phenoxy) is 1. The van der Waals surface area contributed by atoms with Crippen molar-refractivity contribution in [3.63, 3.8) is 0 Å². The minimum absolute atomic E-state index is 0.106. The minimum Gasteiger partial charge on any atom is -0.506 e. The average Bonchev–Trinajstić information content (AvgIpc) is 3.20. The molecule has 0 radical (unpaired) electrons. The first-order valence-electron chi connectivity index (χ1n) is 9.33. The Hall–Kier alpha value is -2.62. The van der Waals surface area contributed by atoms with Crippen molar-refractivity contribution in [1.82, 2.24) is 9.88 Å². The number of hydrogen-bond donors (Lipinski definition) is 2. The van der Waals surface area contributed by atoms with Crippen molar-refractivity contribution in [2.24, 2.45) is 11.8 Å². The van der Waals surface area contributed by atoms with Crippen molar-refractivity contribution < 1.29 is 14.9 Å². The maximum Gasteiger partial charge on any atom is 0.133 e. The number of benzene rings is 1. The lowest BCUT2D eigenvalue weighted by Crippen LogP contribution is -2.29. The summed E-state index contributed by atoms with van der Waals surface area (Å²) < 4.78 is 6.10. The third-order valence-corrected chi connectivity index (χ3v) is 5.61. The second-order valence-corrected chi connectivity index (χ2v) is 7.54. The topological polar surface area (TPSA) is 89.6 Å². The van der Waals surface area contributed by atoms with Crippen LogP contribution in [0.4, 0.5) is 0 Å². The van der Waals surface area contributed by atoms with Gasteiger partial charge in [0.2, 0.25) is 0 Å². The molecule has 2 heterocycles. The summed E-state index contributed by atoms with van der Waals surface area (Å²) >= 11 is 0. The van der Waals surface area contributed by atoms with E-state index in [9.17, 15) is 10.2 Å². The molecule has 1 saturated carbocycles. The van der Waals surface area contributed by atoms with E-state index in [4.69, 9.17) is 10.00 Å². The van der Waals surface area contributed by atoms with Crippen molar-refractivity contribution in [2.75, 3.05) is 19.6 Å². The highest BCUT2D eigenvalue weighted by atomic mass is 16.5. The van der Waals surface area contributed by atoms with Crippen LogP contribution in [0.25, 0.3) is 0 Å². The van der Waals surface area contributed by atoms with Crippen LogP contribution in [0.2, 0.25) is 0 Å². The molecule has 1 saturated heterocycles. The largest absolute Gasteiger partial charge is 0.506 e. The Balaban J connectivity index is 1.27. The van der Waals surface area contributed by atoms with Gasteiger partial charge in [0, 0.05) is 19.6 Å². The molecule has 2 N–H and O–H groups in total. The Bertz CT molecular complexity index is 802. The van der Waals surface area contributed by atoms with E-state index in [0.717, 1.165) is 31.7 Å². The molecule has 3 unspecified atom stereocenters. The van der Waals surface area contributed by atoms with Crippen LogP contribution in [0.3, 0.4) is 0 Å². The number of rotatable bonds is 5. The van der Waals surface area contributed by atoms with E-state index in [1.165, 1.54) is 6.20 Å². The van der Waals surface area contributed by atoms with Crippen molar-refractivity contribution >= 4 is 0 Å². The lowest BCUT2D eigenvalue weighted by Gasteiger charge is -2.22. The van der Waals surface area contributed by atoms with Gasteiger partial charge in [-0.05, 0) is 61.1 Å². The highest BCUT2D eigenvalue weighted by molar-refractivity contribution is 5.34. The molecular weight excluding hydrogens is 342 g/mol. The smallest absolute Gasteiger partial charge is 0.133 e. The first-order chi connectivity index (χ1) is 13.1. The molecule has 1 aliphatic carbocycles. The van der Waals surface area contributed by atoms with E-state index < -0.39 is 6.10 Å². The van der Waals surface area contributed by atoms with Gasteiger partial charge in [-0.15, -0.1) is 0 Å². The molecule has 1 aromatic carbocycles. The van der Waals surface area contributed by atoms with Crippen LogP contribution in [-0.4, -0.2) is 45.8 Å². The maximum absolute atomic E-state index is 10.4. The monoisotopic (exact) mass is 365 g/mol. The van der Waals surface area contributed by atoms with E-state index in [1.807, 2.05) is 12.1 Å². The molecule has 4 atom stereocenters. The highest BCUT2D eigenvalue weighted by Gasteiger charge is 2.42. The lowest BCUT2D eigenvalue weighted by molar-refractivity contribution is 0.113. The fourth-order valence-electron chi connectivity index (χ4n) is 4.32. The third-order valence-electron chi connectivity index (χ3n) is 5.61. The van der Waals surface area contributed by atoms with Crippen molar-refractivity contribution in [3.8, 4) is 17.6 Å². The summed E-state index contributed by atoms with van der Waals surface area (Å²) in [5.41, 5.74) is 1.23. The van der Waals surface area contributed by atoms with Gasteiger partial charge in [-0.25, -0.2) is 0 Å². The molecule has 1 aromatic heterocycles. The molecule has 0 spiro atoms. The van der Waals surface area contributed by atoms with E-state index in [0.29, 0.717) is 29.6 Å². The number of aliphatic hydroxyl groups excluding tert-OH is 1. The van der Waals surface area contributed by atoms with E-state index in [2.05, 4.69) is 16.0 Å². The summed E-state index contributed by atoms with van der Waals surface area (Å²) in [6, 6.07) is 12.6. The maximum atomic E-state index is 10.4. The summed E-state index contributed by atoms with van der Waals surface area (Å²) in [4.78, 5) is 6.39. The van der Waals surface area contributed by atoms with Gasteiger partial charge in [0.15, 0.2) is 0 Å². The normalized spacial score (nSPS) is 25.7. The molecule has 2 aromatic rings. The van der Waals surface area contributed by atoms with Gasteiger partial charge in [0.25, 0.3) is 0 Å². The molecule has 6 nitrogen and oxygen atoms in total. The Labute approximate surface area is 158 Å². The van der Waals surface area contributed by atoms with Crippen LogP contribution in [0, 0.1) is 23.2 Å². The van der Waals surface area contributed by atoms with Gasteiger partial charge in [0.1, 0.15) is 17.6 Å². The predicted molar refractivity (Wildman–Crippen MR) is 99.1 cm³/mol. The Morgan fingerprint density at radius 1 is 1.15 bits per heavy atom. The predicted octanol–water partition coefficient (Wildman–Crippen LogP) is 2.48. The molecule has 0 amide bonds. The zero-order valence-corrected chi connectivity index (χ0v) is 15.0. The second kappa shape index (κ2) is 7.55. The highest BCUT2D eigenvalue weighted by Crippen LogP contribution is 2.40. The summed E-state index contributed by atoms with van der Waals surface area (Å²) in [5.74, 6) is 2.11. The molecule has 2 aliphatic rings. The van der Waals surface area contributed by atoms with Crippen LogP contribution in [0.5, 0.6) is 11.5 Å². The van der Waals surface area contributed by atoms with Gasteiger partial charge in [-0.3, -0.25) is 9.88 Å². The summed E-state index contributed by atoms with van der Waals surface area (Å²) in [5, 5.41) is 28.6. The first-order valence-corrected chi connectivity index (χ1v) is 9.33. The quantitative estimate of drug-likeness (QED) is 0.846. The van der Waals surface area contributed by atoms with Crippen molar-refractivity contribution in [1.29, 1.82) is 5.26 Å². The van der Waals surface area contributed by atoms with E-state index >= 15 is 0 Å². The summed E-state index contributed by atoms with van der Waals surface area (Å²) in [6.07, 6.45) is 2.99. The van der Waals surface area contributed by atoms with Crippen LogP contribution < -0.4 is 4.74 Å². The SMILES string of the molecule is N#Cc1ccc(OC2CC3CN(CC(O)c4ccc(O)cn4)C[C@H]3C2)cc1. The standard InChI is InChI=1S/C21H23N3O3/c22-9-14-1-4-18(5-2-14)27-19-7-15-11-24(12-16(15)8-19)13-21(26)20-6-3-17(25)10-23-20/h1-6,10,15-16,19,21,25-26H,7-8,11-13H2/t15-,16?,19?,21?/m1/s1. The second-order valence-electron chi connectivity index (χ2n) is 7.54. The number of nitrogens with zero attached hydrogens (tertiary/aromatic N) is 3. The number of likely N-dealkylation sites (tertiary alicyclic amines) is 1. The van der Waals surface area contributed by atoms with Crippen molar-refractivity contribution in [2.45, 2.75) is 25.0 Å². The number of β-amino-alcohol motifs (C(OH)–C–C–N with tert-alkyl or cyclic N) is 1. The third kappa shape index (κ3) is 4.05. The van der Waals surface area contributed by atoms with E-state index in [-0.39, 0.29) is 11.9 Å². The molecule has 27 heavy (non-hydrogen) atoms. The summed E-state index contributed by atoms with van der Waals surface area (Å²) in [6.45, 7) is 2.49. The molecule has 1 aliphatic heterocycles. The van der Waals surface area contributed by atoms with Crippen LogP contribution >= 0.6 is 0 Å². The zero-order chi connectivity index (χ0) is 18.8. The van der Waals surface area contributed by atoms with Gasteiger partial charge >= 0.3 is 0 Å². The van der Waals surface area contributed by atoms with E-state index in [1.54, 1.807) is 24.3 Å². The number of aromatic hydroxyl groups is 1. The minimum atomic E-state index is -0.643. The van der Waals surface area contributed by atoms with Crippen molar-refractivity contribution in [3.05, 3.63) is 53.9 Å². The lowest BCUT2D eigenvalue weighted by atomic mass is 10.0. The van der Waals surface area contributed by atoms with Gasteiger partial charge in [-0.1, -0.05) is 0 Å². The fraction of sp³-hybridized carbons (Fsp3) is 0.429. The van der Waals surface area contributed by atoms with Crippen LogP contribution in [-0.2, 0) is 0 Å². The van der Waals surface area contributed by atoms with Crippen LogP contribution in [0.15, 0.2) is 42.6 Å². The Morgan fingerprint density at radius 2 is 1.85 bits per heavy atom. The fourth-order valence-corrected chi connectivity index (χ4v) is 4.32. The number of fused-ring (bicyclic) bond motifs is 1. The molecular formula is C21H23N3O3. The van der Waals surface area contributed by atoms with Crippen LogP contribution in [0.1, 0.15) is 30.2 Å². The van der Waals surface area contributed by atoms with Gasteiger partial charge in [-0.2, -0.15) is 5.26 Å². The summed E-state index contributed by atoms with van der Waals surface area (Å²) in [7, 11) is 0. The molecule has 0 bridgehead atoms. The Morgan fingerprint density at radius 3 is 2.44 bits per heavy atom. The molecule has 4 rings (SSSR count). The molecule has 6 heteroatoms. The van der Waals surface area contributed by atoms with Gasteiger partial charge < -0.3 is 14.9 Å².